The van der Waals surface area contributed by atoms with Crippen molar-refractivity contribution >= 4 is 11.6 Å². The third-order valence-electron chi connectivity index (χ3n) is 1.41. The standard InChI is InChI=1S/C8H10ClN3/c1-6(12-10)4-7-2-3-8(9)11-5-7/h2-3,5,12H,1,4,10H2. The van der Waals surface area contributed by atoms with Gasteiger partial charge in [-0.25, -0.2) is 4.98 Å². The molecule has 0 bridgehead atoms. The maximum absolute atomic E-state index is 5.61. The molecule has 0 aliphatic rings. The normalized spacial score (nSPS) is 9.50. The summed E-state index contributed by atoms with van der Waals surface area (Å²) in [5.74, 6) is 5.15. The fraction of sp³-hybridized carbons (Fsp3) is 0.125. The minimum Gasteiger partial charge on any atom is -0.329 e. The summed E-state index contributed by atoms with van der Waals surface area (Å²) < 4.78 is 0. The summed E-state index contributed by atoms with van der Waals surface area (Å²) >= 11 is 5.61. The molecule has 0 fully saturated rings. The zero-order valence-electron chi connectivity index (χ0n) is 6.55. The van der Waals surface area contributed by atoms with Crippen molar-refractivity contribution in [1.29, 1.82) is 0 Å². The first-order chi connectivity index (χ1) is 5.72. The molecule has 0 saturated carbocycles. The molecule has 12 heavy (non-hydrogen) atoms. The fourth-order valence-electron chi connectivity index (χ4n) is 0.808. The highest BCUT2D eigenvalue weighted by atomic mass is 35.5. The Balaban J connectivity index is 2.64. The van der Waals surface area contributed by atoms with E-state index in [4.69, 9.17) is 17.4 Å². The van der Waals surface area contributed by atoms with Crippen LogP contribution < -0.4 is 11.3 Å². The van der Waals surface area contributed by atoms with Crippen molar-refractivity contribution in [2.24, 2.45) is 5.84 Å². The highest BCUT2D eigenvalue weighted by Crippen LogP contribution is 2.07. The molecule has 3 nitrogen and oxygen atoms in total. The van der Waals surface area contributed by atoms with Gasteiger partial charge < -0.3 is 5.43 Å². The second-order valence-electron chi connectivity index (χ2n) is 2.41. The van der Waals surface area contributed by atoms with Crippen molar-refractivity contribution in [3.63, 3.8) is 0 Å². The van der Waals surface area contributed by atoms with Gasteiger partial charge in [0.15, 0.2) is 0 Å². The summed E-state index contributed by atoms with van der Waals surface area (Å²) in [7, 11) is 0. The van der Waals surface area contributed by atoms with Crippen LogP contribution in [0.2, 0.25) is 5.15 Å². The number of rotatable bonds is 3. The van der Waals surface area contributed by atoms with Crippen LogP contribution in [0.25, 0.3) is 0 Å². The molecule has 0 atom stereocenters. The Bertz CT molecular complexity index is 268. The average Bonchev–Trinajstić information content (AvgIpc) is 2.09. The number of nitrogens with two attached hydrogens (primary N) is 1. The molecular formula is C8H10ClN3. The molecular weight excluding hydrogens is 174 g/mol. The van der Waals surface area contributed by atoms with Gasteiger partial charge in [-0.2, -0.15) is 0 Å². The van der Waals surface area contributed by atoms with Gasteiger partial charge in [0.2, 0.25) is 0 Å². The lowest BCUT2D eigenvalue weighted by molar-refractivity contribution is 0.845. The van der Waals surface area contributed by atoms with Crippen LogP contribution in [0, 0.1) is 0 Å². The topological polar surface area (TPSA) is 50.9 Å². The number of nitrogens with zero attached hydrogens (tertiary/aromatic N) is 1. The molecule has 4 heteroatoms. The molecule has 0 unspecified atom stereocenters. The Kier molecular flexibility index (Phi) is 3.08. The van der Waals surface area contributed by atoms with E-state index in [1.165, 1.54) is 0 Å². The Labute approximate surface area is 76.2 Å². The minimum absolute atomic E-state index is 0.491. The van der Waals surface area contributed by atoms with Crippen LogP contribution in [0.3, 0.4) is 0 Å². The van der Waals surface area contributed by atoms with Crippen LogP contribution >= 0.6 is 11.6 Å². The van der Waals surface area contributed by atoms with Gasteiger partial charge in [-0.15, -0.1) is 0 Å². The molecule has 0 aromatic carbocycles. The minimum atomic E-state index is 0.491. The highest BCUT2D eigenvalue weighted by Gasteiger charge is 1.95. The smallest absolute Gasteiger partial charge is 0.129 e. The van der Waals surface area contributed by atoms with Crippen LogP contribution in [0.5, 0.6) is 0 Å². The highest BCUT2D eigenvalue weighted by molar-refractivity contribution is 6.29. The number of hydrogen-bond donors (Lipinski definition) is 2. The zero-order valence-corrected chi connectivity index (χ0v) is 7.30. The van der Waals surface area contributed by atoms with Gasteiger partial charge in [-0.3, -0.25) is 5.84 Å². The summed E-state index contributed by atoms with van der Waals surface area (Å²) in [6.45, 7) is 3.69. The van der Waals surface area contributed by atoms with Crippen molar-refractivity contribution in [3.8, 4) is 0 Å². The van der Waals surface area contributed by atoms with E-state index in [-0.39, 0.29) is 0 Å². The maximum atomic E-state index is 5.61. The molecule has 1 rings (SSSR count). The van der Waals surface area contributed by atoms with Gasteiger partial charge in [-0.1, -0.05) is 24.2 Å². The SMILES string of the molecule is C=C(Cc1ccc(Cl)nc1)NN. The number of hydrogen-bond acceptors (Lipinski definition) is 3. The molecule has 0 saturated heterocycles. The molecule has 1 aromatic rings. The second-order valence-corrected chi connectivity index (χ2v) is 2.80. The van der Waals surface area contributed by atoms with E-state index in [0.717, 1.165) is 11.3 Å². The first-order valence-electron chi connectivity index (χ1n) is 3.47. The van der Waals surface area contributed by atoms with E-state index >= 15 is 0 Å². The van der Waals surface area contributed by atoms with Crippen LogP contribution in [-0.2, 0) is 6.42 Å². The maximum Gasteiger partial charge on any atom is 0.129 e. The van der Waals surface area contributed by atoms with Gasteiger partial charge in [0.1, 0.15) is 5.15 Å². The van der Waals surface area contributed by atoms with Gasteiger partial charge >= 0.3 is 0 Å². The summed E-state index contributed by atoms with van der Waals surface area (Å²) in [5.41, 5.74) is 4.25. The van der Waals surface area contributed by atoms with E-state index in [9.17, 15) is 0 Å². The predicted molar refractivity (Wildman–Crippen MR) is 49.4 cm³/mol. The fourth-order valence-corrected chi connectivity index (χ4v) is 0.920. The molecule has 0 aliphatic carbocycles. The molecule has 1 heterocycles. The largest absolute Gasteiger partial charge is 0.329 e. The summed E-state index contributed by atoms with van der Waals surface area (Å²) in [5, 5.41) is 0.491. The molecule has 1 aromatic heterocycles. The number of halogens is 1. The number of aromatic nitrogens is 1. The van der Waals surface area contributed by atoms with E-state index in [1.54, 1.807) is 12.3 Å². The average molecular weight is 184 g/mol. The van der Waals surface area contributed by atoms with E-state index in [2.05, 4.69) is 17.0 Å². The molecule has 0 aliphatic heterocycles. The first kappa shape index (κ1) is 9.03. The van der Waals surface area contributed by atoms with Crippen molar-refractivity contribution < 1.29 is 0 Å². The number of nitrogens with one attached hydrogen (secondary N) is 1. The number of allylic oxidation sites excluding steroid dienone is 1. The molecule has 64 valence electrons. The Morgan fingerprint density at radius 1 is 1.67 bits per heavy atom. The van der Waals surface area contributed by atoms with Crippen molar-refractivity contribution in [2.75, 3.05) is 0 Å². The third kappa shape index (κ3) is 2.53. The predicted octanol–water partition coefficient (Wildman–Crippen LogP) is 1.25. The molecule has 3 N–H and O–H groups in total. The zero-order chi connectivity index (χ0) is 8.97. The lowest BCUT2D eigenvalue weighted by Gasteiger charge is -2.03. The quantitative estimate of drug-likeness (QED) is 0.422. The van der Waals surface area contributed by atoms with Crippen LogP contribution in [-0.4, -0.2) is 4.98 Å². The number of hydrazine groups is 1. The summed E-state index contributed by atoms with van der Waals surface area (Å²) in [6.07, 6.45) is 2.37. The molecule has 0 radical (unpaired) electrons. The van der Waals surface area contributed by atoms with Crippen LogP contribution in [0.1, 0.15) is 5.56 Å². The second kappa shape index (κ2) is 4.09. The van der Waals surface area contributed by atoms with Gasteiger partial charge in [0.05, 0.1) is 0 Å². The van der Waals surface area contributed by atoms with Gasteiger partial charge in [0.25, 0.3) is 0 Å². The van der Waals surface area contributed by atoms with Crippen LogP contribution in [0.4, 0.5) is 0 Å². The van der Waals surface area contributed by atoms with Gasteiger partial charge in [0, 0.05) is 18.3 Å². The Morgan fingerprint density at radius 3 is 2.92 bits per heavy atom. The summed E-state index contributed by atoms with van der Waals surface area (Å²) in [4.78, 5) is 3.92. The van der Waals surface area contributed by atoms with E-state index in [0.29, 0.717) is 11.6 Å². The third-order valence-corrected chi connectivity index (χ3v) is 1.63. The first-order valence-corrected chi connectivity index (χ1v) is 3.85. The monoisotopic (exact) mass is 183 g/mol. The Hall–Kier alpha value is -1.06. The lowest BCUT2D eigenvalue weighted by Crippen LogP contribution is -2.21. The van der Waals surface area contributed by atoms with Crippen molar-refractivity contribution in [3.05, 3.63) is 41.3 Å². The molecule has 0 spiro atoms. The molecule has 0 amide bonds. The van der Waals surface area contributed by atoms with Gasteiger partial charge in [-0.05, 0) is 11.6 Å². The Morgan fingerprint density at radius 2 is 2.42 bits per heavy atom. The summed E-state index contributed by atoms with van der Waals surface area (Å²) in [6, 6.07) is 3.62. The van der Waals surface area contributed by atoms with Crippen molar-refractivity contribution in [2.45, 2.75) is 6.42 Å². The van der Waals surface area contributed by atoms with Crippen molar-refractivity contribution in [1.82, 2.24) is 10.4 Å². The van der Waals surface area contributed by atoms with Crippen LogP contribution in [0.15, 0.2) is 30.6 Å². The number of pyridine rings is 1. The van der Waals surface area contributed by atoms with E-state index in [1.807, 2.05) is 6.07 Å². The lowest BCUT2D eigenvalue weighted by atomic mass is 10.2. The van der Waals surface area contributed by atoms with E-state index < -0.39 is 0 Å².